The van der Waals surface area contributed by atoms with E-state index < -0.39 is 46.7 Å². The van der Waals surface area contributed by atoms with Gasteiger partial charge in [-0.25, -0.2) is 0 Å². The summed E-state index contributed by atoms with van der Waals surface area (Å²) >= 11 is -3.24. The standard InChI is InChI=1S/C12H15F5Ge/c1-4-18(5-2,6-3)12-10(16)8(14)7(13)9(15)11(12)17/h4-6H2,1-3H3. The van der Waals surface area contributed by atoms with Gasteiger partial charge in [0, 0.05) is 0 Å². The molecule has 0 aromatic heterocycles. The van der Waals surface area contributed by atoms with E-state index in [2.05, 4.69) is 0 Å². The molecule has 0 saturated carbocycles. The number of halogens is 5. The third kappa shape index (κ3) is 2.17. The second kappa shape index (κ2) is 5.59. The average Bonchev–Trinajstić information content (AvgIpc) is 2.39. The van der Waals surface area contributed by atoms with Gasteiger partial charge in [0.2, 0.25) is 0 Å². The molecule has 1 aromatic carbocycles. The van der Waals surface area contributed by atoms with Gasteiger partial charge in [0.05, 0.1) is 0 Å². The summed E-state index contributed by atoms with van der Waals surface area (Å²) in [6.07, 6.45) is 0. The van der Waals surface area contributed by atoms with Crippen molar-refractivity contribution >= 4 is 17.7 Å². The van der Waals surface area contributed by atoms with E-state index in [1.165, 1.54) is 0 Å². The first-order chi connectivity index (χ1) is 8.36. The van der Waals surface area contributed by atoms with E-state index in [0.29, 0.717) is 15.8 Å². The van der Waals surface area contributed by atoms with Gasteiger partial charge < -0.3 is 0 Å². The van der Waals surface area contributed by atoms with Crippen molar-refractivity contribution in [2.45, 2.75) is 36.5 Å². The van der Waals surface area contributed by atoms with Gasteiger partial charge in [-0.1, -0.05) is 0 Å². The second-order valence-corrected chi connectivity index (χ2v) is 15.2. The minimum atomic E-state index is -3.24. The third-order valence-electron chi connectivity index (χ3n) is 3.77. The Bertz CT molecular complexity index is 417. The Kier molecular flexibility index (Phi) is 4.80. The van der Waals surface area contributed by atoms with Gasteiger partial charge in [0.1, 0.15) is 0 Å². The molecule has 0 nitrogen and oxygen atoms in total. The fraction of sp³-hybridized carbons (Fsp3) is 0.500. The molecule has 0 saturated heterocycles. The van der Waals surface area contributed by atoms with E-state index in [1.807, 2.05) is 0 Å². The van der Waals surface area contributed by atoms with Crippen molar-refractivity contribution in [3.05, 3.63) is 29.1 Å². The van der Waals surface area contributed by atoms with Crippen molar-refractivity contribution in [1.29, 1.82) is 0 Å². The number of benzene rings is 1. The van der Waals surface area contributed by atoms with E-state index >= 15 is 0 Å². The molecule has 0 amide bonds. The summed E-state index contributed by atoms with van der Waals surface area (Å²) in [5.41, 5.74) is 0. The number of rotatable bonds is 4. The van der Waals surface area contributed by atoms with Gasteiger partial charge in [0.15, 0.2) is 0 Å². The molecular weight excluding hydrogens is 312 g/mol. The molecule has 0 atom stereocenters. The summed E-state index contributed by atoms with van der Waals surface area (Å²) in [5, 5.41) is 1.47. The molecule has 0 heterocycles. The van der Waals surface area contributed by atoms with Gasteiger partial charge in [-0.3, -0.25) is 0 Å². The zero-order valence-electron chi connectivity index (χ0n) is 10.5. The number of hydrogen-bond donors (Lipinski definition) is 0. The average molecular weight is 327 g/mol. The fourth-order valence-electron chi connectivity index (χ4n) is 2.35. The second-order valence-electron chi connectivity index (χ2n) is 4.29. The van der Waals surface area contributed by atoms with Crippen molar-refractivity contribution < 1.29 is 22.0 Å². The van der Waals surface area contributed by atoms with E-state index in [-0.39, 0.29) is 0 Å². The Balaban J connectivity index is 3.69. The molecule has 0 spiro atoms. The molecule has 0 fully saturated rings. The van der Waals surface area contributed by atoms with E-state index in [9.17, 15) is 22.0 Å². The van der Waals surface area contributed by atoms with Crippen LogP contribution in [0.25, 0.3) is 0 Å². The van der Waals surface area contributed by atoms with Crippen LogP contribution in [0.2, 0.25) is 15.8 Å². The van der Waals surface area contributed by atoms with Crippen LogP contribution >= 0.6 is 0 Å². The molecule has 0 bridgehead atoms. The summed E-state index contributed by atoms with van der Waals surface area (Å²) in [5.74, 6) is -8.98. The third-order valence-corrected chi connectivity index (χ3v) is 15.4. The molecule has 0 radical (unpaired) electrons. The van der Waals surface area contributed by atoms with Crippen LogP contribution in [0.4, 0.5) is 22.0 Å². The van der Waals surface area contributed by atoms with Crippen molar-refractivity contribution in [3.8, 4) is 0 Å². The predicted octanol–water partition coefficient (Wildman–Crippen LogP) is 4.10. The molecule has 0 unspecified atom stereocenters. The molecule has 1 rings (SSSR count). The van der Waals surface area contributed by atoms with Crippen LogP contribution in [0.3, 0.4) is 0 Å². The first kappa shape index (κ1) is 15.5. The van der Waals surface area contributed by atoms with Crippen LogP contribution in [-0.4, -0.2) is 13.3 Å². The van der Waals surface area contributed by atoms with Crippen LogP contribution in [0.15, 0.2) is 0 Å². The van der Waals surface area contributed by atoms with Crippen molar-refractivity contribution in [3.63, 3.8) is 0 Å². The van der Waals surface area contributed by atoms with Crippen LogP contribution in [0.5, 0.6) is 0 Å². The predicted molar refractivity (Wildman–Crippen MR) is 63.1 cm³/mol. The summed E-state index contributed by atoms with van der Waals surface area (Å²) in [7, 11) is 0. The zero-order valence-corrected chi connectivity index (χ0v) is 12.6. The molecule has 0 aliphatic rings. The summed E-state index contributed by atoms with van der Waals surface area (Å²) in [4.78, 5) is 0. The molecule has 6 heteroatoms. The Morgan fingerprint density at radius 1 is 0.611 bits per heavy atom. The van der Waals surface area contributed by atoms with Crippen molar-refractivity contribution in [2.75, 3.05) is 0 Å². The maximum atomic E-state index is 13.8. The first-order valence-electron chi connectivity index (χ1n) is 5.88. The molecule has 0 aliphatic carbocycles. The van der Waals surface area contributed by atoms with Gasteiger partial charge in [-0.15, -0.1) is 0 Å². The molecule has 1 aromatic rings. The van der Waals surface area contributed by atoms with Gasteiger partial charge in [-0.05, 0) is 0 Å². The van der Waals surface area contributed by atoms with E-state index in [4.69, 9.17) is 0 Å². The monoisotopic (exact) mass is 328 g/mol. The molecule has 0 N–H and O–H groups in total. The zero-order chi connectivity index (χ0) is 14.1. The first-order valence-corrected chi connectivity index (χ1v) is 11.4. The fourth-order valence-corrected chi connectivity index (χ4v) is 10.1. The molecular formula is C12H15F5Ge. The summed E-state index contributed by atoms with van der Waals surface area (Å²) < 4.78 is 66.5. The maximum absolute atomic E-state index is 13.8. The number of hydrogen-bond acceptors (Lipinski definition) is 0. The molecule has 102 valence electrons. The molecule has 0 aliphatic heterocycles. The van der Waals surface area contributed by atoms with Crippen molar-refractivity contribution in [1.82, 2.24) is 0 Å². The van der Waals surface area contributed by atoms with E-state index in [1.54, 1.807) is 20.8 Å². The summed E-state index contributed by atoms with van der Waals surface area (Å²) in [6, 6.07) is 0. The van der Waals surface area contributed by atoms with Gasteiger partial charge in [-0.2, -0.15) is 0 Å². The van der Waals surface area contributed by atoms with Crippen LogP contribution < -0.4 is 4.40 Å². The van der Waals surface area contributed by atoms with Crippen molar-refractivity contribution in [2.24, 2.45) is 0 Å². The van der Waals surface area contributed by atoms with Gasteiger partial charge >= 0.3 is 105 Å². The SMILES string of the molecule is C[CH2][Ge]([CH2]C)([CH2]C)[c]1c(F)c(F)c(F)c(F)c1F. The Morgan fingerprint density at radius 2 is 0.889 bits per heavy atom. The van der Waals surface area contributed by atoms with Gasteiger partial charge in [0.25, 0.3) is 0 Å². The topological polar surface area (TPSA) is 0 Å². The van der Waals surface area contributed by atoms with Crippen LogP contribution in [-0.2, 0) is 0 Å². The minimum absolute atomic E-state index is 0.491. The Hall–Kier alpha value is -0.587. The van der Waals surface area contributed by atoms with Crippen LogP contribution in [0.1, 0.15) is 20.8 Å². The van der Waals surface area contributed by atoms with E-state index in [0.717, 1.165) is 0 Å². The molecule has 18 heavy (non-hydrogen) atoms. The Labute approximate surface area is 106 Å². The Morgan fingerprint density at radius 3 is 1.17 bits per heavy atom. The summed E-state index contributed by atoms with van der Waals surface area (Å²) in [6.45, 7) is 5.27. The normalized spacial score (nSPS) is 12.0. The quantitative estimate of drug-likeness (QED) is 0.338. The van der Waals surface area contributed by atoms with Crippen LogP contribution in [0, 0.1) is 29.1 Å².